The molecule has 0 radical (unpaired) electrons. The summed E-state index contributed by atoms with van der Waals surface area (Å²) >= 11 is 0. The van der Waals surface area contributed by atoms with Crippen LogP contribution in [-0.2, 0) is 13.5 Å². The van der Waals surface area contributed by atoms with E-state index in [4.69, 9.17) is 5.73 Å². The van der Waals surface area contributed by atoms with Gasteiger partial charge in [-0.2, -0.15) is 5.10 Å². The lowest BCUT2D eigenvalue weighted by molar-refractivity contribution is 0.638. The minimum absolute atomic E-state index is 0. The molecule has 1 unspecified atom stereocenters. The van der Waals surface area contributed by atoms with Crippen LogP contribution in [0.1, 0.15) is 12.7 Å². The molecular formula is C6H14Cl2N4. The van der Waals surface area contributed by atoms with E-state index in [-0.39, 0.29) is 30.9 Å². The molecule has 0 saturated heterocycles. The van der Waals surface area contributed by atoms with Crippen LogP contribution >= 0.6 is 24.8 Å². The quantitative estimate of drug-likeness (QED) is 0.780. The van der Waals surface area contributed by atoms with Crippen molar-refractivity contribution < 1.29 is 0 Å². The Hall–Kier alpha value is -0.320. The maximum atomic E-state index is 5.57. The Kier molecular flexibility index (Phi) is 7.37. The Morgan fingerprint density at radius 1 is 1.58 bits per heavy atom. The number of aromatic nitrogens is 3. The van der Waals surface area contributed by atoms with Gasteiger partial charge in [0.1, 0.15) is 12.2 Å². The van der Waals surface area contributed by atoms with Crippen LogP contribution in [0.25, 0.3) is 0 Å². The van der Waals surface area contributed by atoms with Crippen LogP contribution in [0.3, 0.4) is 0 Å². The first kappa shape index (κ1) is 14.2. The molecule has 0 aliphatic heterocycles. The lowest BCUT2D eigenvalue weighted by Crippen LogP contribution is -2.20. The average Bonchev–Trinajstić information content (AvgIpc) is 2.15. The van der Waals surface area contributed by atoms with Gasteiger partial charge in [0.15, 0.2) is 0 Å². The standard InChI is InChI=1S/C6H12N4.2ClH/c1-5(7)3-6-8-4-9-10(6)2;;/h4-5H,3,7H2,1-2H3;2*1H. The van der Waals surface area contributed by atoms with Gasteiger partial charge in [-0.1, -0.05) is 0 Å². The molecule has 1 aromatic heterocycles. The highest BCUT2D eigenvalue weighted by atomic mass is 35.5. The van der Waals surface area contributed by atoms with Crippen molar-refractivity contribution in [2.24, 2.45) is 12.8 Å². The number of hydrogen-bond acceptors (Lipinski definition) is 3. The minimum atomic E-state index is 0. The van der Waals surface area contributed by atoms with Gasteiger partial charge in [0.05, 0.1) is 0 Å². The predicted molar refractivity (Wildman–Crippen MR) is 52.9 cm³/mol. The van der Waals surface area contributed by atoms with E-state index in [2.05, 4.69) is 10.1 Å². The number of hydrogen-bond donors (Lipinski definition) is 1. The van der Waals surface area contributed by atoms with Crippen molar-refractivity contribution in [3.05, 3.63) is 12.2 Å². The maximum absolute atomic E-state index is 5.57. The van der Waals surface area contributed by atoms with Gasteiger partial charge in [-0.25, -0.2) is 4.98 Å². The molecular weight excluding hydrogens is 199 g/mol. The van der Waals surface area contributed by atoms with Gasteiger partial charge in [-0.05, 0) is 6.92 Å². The fourth-order valence-corrected chi connectivity index (χ4v) is 0.793. The Labute approximate surface area is 84.4 Å². The molecule has 1 heterocycles. The van der Waals surface area contributed by atoms with Gasteiger partial charge >= 0.3 is 0 Å². The minimum Gasteiger partial charge on any atom is -0.328 e. The zero-order valence-corrected chi connectivity index (χ0v) is 8.73. The number of aryl methyl sites for hydroxylation is 1. The highest BCUT2D eigenvalue weighted by molar-refractivity contribution is 5.85. The van der Waals surface area contributed by atoms with Crippen LogP contribution in [-0.4, -0.2) is 20.8 Å². The van der Waals surface area contributed by atoms with Crippen molar-refractivity contribution in [2.45, 2.75) is 19.4 Å². The molecule has 1 aromatic rings. The molecule has 0 aromatic carbocycles. The molecule has 0 bridgehead atoms. The first-order valence-electron chi connectivity index (χ1n) is 3.28. The Balaban J connectivity index is 0. The van der Waals surface area contributed by atoms with Crippen molar-refractivity contribution in [1.82, 2.24) is 14.8 Å². The molecule has 0 aliphatic carbocycles. The summed E-state index contributed by atoms with van der Waals surface area (Å²) in [5.74, 6) is 0.940. The smallest absolute Gasteiger partial charge is 0.138 e. The Morgan fingerprint density at radius 2 is 2.17 bits per heavy atom. The van der Waals surface area contributed by atoms with Crippen LogP contribution in [0.15, 0.2) is 6.33 Å². The molecule has 0 amide bonds. The highest BCUT2D eigenvalue weighted by Gasteiger charge is 2.01. The third-order valence-corrected chi connectivity index (χ3v) is 1.31. The lowest BCUT2D eigenvalue weighted by atomic mass is 10.2. The first-order valence-corrected chi connectivity index (χ1v) is 3.28. The SMILES string of the molecule is CC(N)Cc1ncnn1C.Cl.Cl. The van der Waals surface area contributed by atoms with E-state index < -0.39 is 0 Å². The highest BCUT2D eigenvalue weighted by Crippen LogP contribution is 1.93. The zero-order chi connectivity index (χ0) is 7.56. The summed E-state index contributed by atoms with van der Waals surface area (Å²) in [5.41, 5.74) is 5.57. The predicted octanol–water partition coefficient (Wildman–Crippen LogP) is 0.548. The second-order valence-electron chi connectivity index (χ2n) is 2.48. The zero-order valence-electron chi connectivity index (χ0n) is 7.10. The summed E-state index contributed by atoms with van der Waals surface area (Å²) in [4.78, 5) is 4.03. The van der Waals surface area contributed by atoms with Crippen LogP contribution in [0, 0.1) is 0 Å². The molecule has 12 heavy (non-hydrogen) atoms. The monoisotopic (exact) mass is 212 g/mol. The van der Waals surface area contributed by atoms with E-state index in [0.29, 0.717) is 0 Å². The summed E-state index contributed by atoms with van der Waals surface area (Å²) in [6.07, 6.45) is 2.33. The summed E-state index contributed by atoms with van der Waals surface area (Å²) < 4.78 is 1.74. The van der Waals surface area contributed by atoms with Crippen molar-refractivity contribution in [1.29, 1.82) is 0 Å². The van der Waals surface area contributed by atoms with E-state index in [0.717, 1.165) is 12.2 Å². The molecule has 0 aliphatic rings. The molecule has 1 rings (SSSR count). The Bertz CT molecular complexity index is 211. The van der Waals surface area contributed by atoms with Gasteiger partial charge in [0.25, 0.3) is 0 Å². The van der Waals surface area contributed by atoms with Crippen LogP contribution in [0.2, 0.25) is 0 Å². The van der Waals surface area contributed by atoms with Crippen LogP contribution < -0.4 is 5.73 Å². The molecule has 2 N–H and O–H groups in total. The normalized spacial score (nSPS) is 11.2. The summed E-state index contributed by atoms with van der Waals surface area (Å²) in [6, 6.07) is 0.155. The van der Waals surface area contributed by atoms with Crippen molar-refractivity contribution >= 4 is 24.8 Å². The van der Waals surface area contributed by atoms with Crippen LogP contribution in [0.5, 0.6) is 0 Å². The topological polar surface area (TPSA) is 56.7 Å². The van der Waals surface area contributed by atoms with Crippen LogP contribution in [0.4, 0.5) is 0 Å². The Morgan fingerprint density at radius 3 is 2.50 bits per heavy atom. The molecule has 4 nitrogen and oxygen atoms in total. The van der Waals surface area contributed by atoms with Gasteiger partial charge in [-0.3, -0.25) is 4.68 Å². The number of nitrogens with two attached hydrogens (primary N) is 1. The molecule has 6 heteroatoms. The third-order valence-electron chi connectivity index (χ3n) is 1.31. The van der Waals surface area contributed by atoms with Gasteiger partial charge in [-0.15, -0.1) is 24.8 Å². The number of nitrogens with zero attached hydrogens (tertiary/aromatic N) is 3. The van der Waals surface area contributed by atoms with Crippen molar-refractivity contribution in [2.75, 3.05) is 0 Å². The van der Waals surface area contributed by atoms with E-state index in [9.17, 15) is 0 Å². The summed E-state index contributed by atoms with van der Waals surface area (Å²) in [5, 5.41) is 3.92. The van der Waals surface area contributed by atoms with E-state index in [1.54, 1.807) is 4.68 Å². The summed E-state index contributed by atoms with van der Waals surface area (Å²) in [6.45, 7) is 1.95. The number of halogens is 2. The van der Waals surface area contributed by atoms with Gasteiger partial charge in [0.2, 0.25) is 0 Å². The van der Waals surface area contributed by atoms with Gasteiger partial charge < -0.3 is 5.73 Å². The average molecular weight is 213 g/mol. The lowest BCUT2D eigenvalue weighted by Gasteiger charge is -2.02. The molecule has 0 fully saturated rings. The second-order valence-corrected chi connectivity index (χ2v) is 2.48. The van der Waals surface area contributed by atoms with Gasteiger partial charge in [0, 0.05) is 19.5 Å². The fourth-order valence-electron chi connectivity index (χ4n) is 0.793. The van der Waals surface area contributed by atoms with Crippen molar-refractivity contribution in [3.8, 4) is 0 Å². The first-order chi connectivity index (χ1) is 4.70. The van der Waals surface area contributed by atoms with E-state index in [1.807, 2.05) is 14.0 Å². The largest absolute Gasteiger partial charge is 0.328 e. The maximum Gasteiger partial charge on any atom is 0.138 e. The summed E-state index contributed by atoms with van der Waals surface area (Å²) in [7, 11) is 1.87. The molecule has 1 atom stereocenters. The van der Waals surface area contributed by atoms with Crippen molar-refractivity contribution in [3.63, 3.8) is 0 Å². The second kappa shape index (κ2) is 6.22. The van der Waals surface area contributed by atoms with E-state index in [1.165, 1.54) is 6.33 Å². The molecule has 72 valence electrons. The third kappa shape index (κ3) is 3.90. The molecule has 0 spiro atoms. The molecule has 0 saturated carbocycles. The number of rotatable bonds is 2. The van der Waals surface area contributed by atoms with E-state index >= 15 is 0 Å². The fraction of sp³-hybridized carbons (Fsp3) is 0.667.